The summed E-state index contributed by atoms with van der Waals surface area (Å²) in [6.45, 7) is 26.2. The molecule has 3 rings (SSSR count). The molecule has 2 aromatic carbocycles. The van der Waals surface area contributed by atoms with Crippen molar-refractivity contribution in [1.82, 2.24) is 0 Å². The lowest BCUT2D eigenvalue weighted by molar-refractivity contribution is 0.297. The van der Waals surface area contributed by atoms with Gasteiger partial charge in [-0.15, -0.1) is 0 Å². The summed E-state index contributed by atoms with van der Waals surface area (Å²) in [5, 5.41) is 22.6. The Morgan fingerprint density at radius 1 is 0.500 bits per heavy atom. The van der Waals surface area contributed by atoms with Gasteiger partial charge in [-0.2, -0.15) is 0 Å². The van der Waals surface area contributed by atoms with Crippen molar-refractivity contribution in [1.29, 1.82) is 0 Å². The zero-order valence-corrected chi connectivity index (χ0v) is 23.8. The maximum atomic E-state index is 11.3. The summed E-state index contributed by atoms with van der Waals surface area (Å²) in [4.78, 5) is 0. The first-order chi connectivity index (χ1) is 15.2. The second-order valence-electron chi connectivity index (χ2n) is 14.8. The molecule has 1 aliphatic carbocycles. The van der Waals surface area contributed by atoms with Gasteiger partial charge >= 0.3 is 0 Å². The van der Waals surface area contributed by atoms with Crippen molar-refractivity contribution in [3.8, 4) is 11.5 Å². The Kier molecular flexibility index (Phi) is 6.30. The molecule has 0 heterocycles. The van der Waals surface area contributed by atoms with Crippen molar-refractivity contribution >= 4 is 0 Å². The second-order valence-corrected chi connectivity index (χ2v) is 14.8. The Morgan fingerprint density at radius 3 is 0.882 bits per heavy atom. The SMILES string of the molecule is CC(C)(C)c1cc(C2(c3cc(C(C)(C)C)c(O)c(C(C)(C)C)c3)CCC2)cc(C(C)(C)C)c1O. The van der Waals surface area contributed by atoms with Gasteiger partial charge in [0.25, 0.3) is 0 Å². The lowest BCUT2D eigenvalue weighted by Gasteiger charge is -2.45. The third-order valence-corrected chi connectivity index (χ3v) is 7.76. The topological polar surface area (TPSA) is 40.5 Å². The van der Waals surface area contributed by atoms with Crippen molar-refractivity contribution < 1.29 is 10.2 Å². The molecule has 0 saturated heterocycles. The van der Waals surface area contributed by atoms with E-state index in [4.69, 9.17) is 0 Å². The van der Waals surface area contributed by atoms with Gasteiger partial charge in [-0.05, 0) is 67.9 Å². The van der Waals surface area contributed by atoms with Crippen LogP contribution < -0.4 is 0 Å². The largest absolute Gasteiger partial charge is 0.507 e. The minimum absolute atomic E-state index is 0.0958. The van der Waals surface area contributed by atoms with E-state index in [2.05, 4.69) is 107 Å². The average Bonchev–Trinajstić information content (AvgIpc) is 2.58. The summed E-state index contributed by atoms with van der Waals surface area (Å²) in [5.74, 6) is 0.879. The molecule has 0 aromatic heterocycles. The molecule has 1 aliphatic rings. The number of phenolic OH excluding ortho intramolecular Hbond substituents is 2. The first-order valence-electron chi connectivity index (χ1n) is 13.0. The lowest BCUT2D eigenvalue weighted by atomic mass is 9.58. The predicted molar refractivity (Wildman–Crippen MR) is 146 cm³/mol. The van der Waals surface area contributed by atoms with Gasteiger partial charge in [-0.1, -0.05) is 114 Å². The smallest absolute Gasteiger partial charge is 0.123 e. The van der Waals surface area contributed by atoms with Gasteiger partial charge in [-0.25, -0.2) is 0 Å². The highest BCUT2D eigenvalue weighted by Gasteiger charge is 2.44. The van der Waals surface area contributed by atoms with Crippen molar-refractivity contribution in [3.05, 3.63) is 57.6 Å². The van der Waals surface area contributed by atoms with Crippen molar-refractivity contribution in [2.45, 2.75) is 129 Å². The fraction of sp³-hybridized carbons (Fsp3) is 0.625. The van der Waals surface area contributed by atoms with Gasteiger partial charge < -0.3 is 10.2 Å². The van der Waals surface area contributed by atoms with Crippen molar-refractivity contribution in [2.75, 3.05) is 0 Å². The second kappa shape index (κ2) is 8.04. The van der Waals surface area contributed by atoms with Crippen LogP contribution in [-0.2, 0) is 27.1 Å². The Balaban J connectivity index is 2.39. The minimum Gasteiger partial charge on any atom is -0.507 e. The Bertz CT molecular complexity index is 918. The Hall–Kier alpha value is -1.96. The predicted octanol–water partition coefficient (Wildman–Crippen LogP) is 8.76. The summed E-state index contributed by atoms with van der Waals surface area (Å²) in [7, 11) is 0. The number of phenols is 2. The monoisotopic (exact) mass is 464 g/mol. The van der Waals surface area contributed by atoms with Gasteiger partial charge in [0, 0.05) is 5.41 Å². The van der Waals surface area contributed by atoms with Crippen LogP contribution in [0.25, 0.3) is 0 Å². The molecule has 0 amide bonds. The molecule has 1 fully saturated rings. The van der Waals surface area contributed by atoms with Gasteiger partial charge in [-0.3, -0.25) is 0 Å². The maximum absolute atomic E-state index is 11.3. The van der Waals surface area contributed by atoms with E-state index in [9.17, 15) is 10.2 Å². The molecular formula is C32H48O2. The van der Waals surface area contributed by atoms with E-state index in [1.165, 1.54) is 17.5 Å². The highest BCUT2D eigenvalue weighted by Crippen LogP contribution is 2.54. The third-order valence-electron chi connectivity index (χ3n) is 7.76. The van der Waals surface area contributed by atoms with Crippen LogP contribution in [0.4, 0.5) is 0 Å². The number of hydrogen-bond donors (Lipinski definition) is 2. The van der Waals surface area contributed by atoms with E-state index in [1.54, 1.807) is 0 Å². The van der Waals surface area contributed by atoms with Crippen LogP contribution in [0.5, 0.6) is 11.5 Å². The zero-order chi connectivity index (χ0) is 26.1. The fourth-order valence-corrected chi connectivity index (χ4v) is 5.38. The van der Waals surface area contributed by atoms with Gasteiger partial charge in [0.2, 0.25) is 0 Å². The lowest BCUT2D eigenvalue weighted by Crippen LogP contribution is -2.37. The van der Waals surface area contributed by atoms with Crippen molar-refractivity contribution in [2.24, 2.45) is 0 Å². The molecule has 34 heavy (non-hydrogen) atoms. The Morgan fingerprint density at radius 2 is 0.735 bits per heavy atom. The van der Waals surface area contributed by atoms with Crippen LogP contribution in [0.2, 0.25) is 0 Å². The van der Waals surface area contributed by atoms with Crippen LogP contribution in [0.15, 0.2) is 24.3 Å². The molecule has 0 aliphatic heterocycles. The number of aromatic hydroxyl groups is 2. The molecule has 0 spiro atoms. The van der Waals surface area contributed by atoms with E-state index in [0.717, 1.165) is 35.1 Å². The highest BCUT2D eigenvalue weighted by molar-refractivity contribution is 5.58. The third kappa shape index (κ3) is 4.62. The zero-order valence-electron chi connectivity index (χ0n) is 23.8. The van der Waals surface area contributed by atoms with Gasteiger partial charge in [0.05, 0.1) is 0 Å². The van der Waals surface area contributed by atoms with Crippen molar-refractivity contribution in [3.63, 3.8) is 0 Å². The maximum Gasteiger partial charge on any atom is 0.123 e. The molecule has 188 valence electrons. The van der Waals surface area contributed by atoms with E-state index >= 15 is 0 Å². The average molecular weight is 465 g/mol. The number of benzene rings is 2. The summed E-state index contributed by atoms with van der Waals surface area (Å²) in [6, 6.07) is 9.07. The van der Waals surface area contributed by atoms with Gasteiger partial charge in [0.1, 0.15) is 11.5 Å². The van der Waals surface area contributed by atoms with E-state index in [-0.39, 0.29) is 27.1 Å². The van der Waals surface area contributed by atoms with Crippen LogP contribution in [-0.4, -0.2) is 10.2 Å². The van der Waals surface area contributed by atoms with Crippen LogP contribution in [0, 0.1) is 0 Å². The normalized spacial score (nSPS) is 16.9. The summed E-state index contributed by atoms with van der Waals surface area (Å²) >= 11 is 0. The number of hydrogen-bond acceptors (Lipinski definition) is 2. The molecule has 0 unspecified atom stereocenters. The Labute approximate surface area is 208 Å². The molecule has 2 heteroatoms. The first-order valence-corrected chi connectivity index (χ1v) is 13.0. The fourth-order valence-electron chi connectivity index (χ4n) is 5.38. The minimum atomic E-state index is -0.160. The summed E-state index contributed by atoms with van der Waals surface area (Å²) in [6.07, 6.45) is 3.36. The molecule has 2 nitrogen and oxygen atoms in total. The van der Waals surface area contributed by atoms with E-state index < -0.39 is 0 Å². The molecule has 0 atom stereocenters. The highest BCUT2D eigenvalue weighted by atomic mass is 16.3. The molecule has 0 bridgehead atoms. The molecule has 2 N–H and O–H groups in total. The summed E-state index contributed by atoms with van der Waals surface area (Å²) in [5.41, 5.74) is 5.95. The summed E-state index contributed by atoms with van der Waals surface area (Å²) < 4.78 is 0. The van der Waals surface area contributed by atoms with E-state index in [0.29, 0.717) is 11.5 Å². The molecular weight excluding hydrogens is 416 g/mol. The van der Waals surface area contributed by atoms with Crippen LogP contribution >= 0.6 is 0 Å². The standard InChI is InChI=1S/C32H48O2/c1-28(2,3)22-16-20(17-23(26(22)33)29(4,5)6)32(14-13-15-32)21-18-24(30(7,8)9)27(34)25(19-21)31(10,11)12/h16-19,33-34H,13-15H2,1-12H3. The number of rotatable bonds is 2. The molecule has 2 aromatic rings. The first kappa shape index (κ1) is 26.6. The molecule has 1 saturated carbocycles. The quantitative estimate of drug-likeness (QED) is 0.466. The molecule has 0 radical (unpaired) electrons. The van der Waals surface area contributed by atoms with E-state index in [1.807, 2.05) is 0 Å². The van der Waals surface area contributed by atoms with Gasteiger partial charge in [0.15, 0.2) is 0 Å². The van der Waals surface area contributed by atoms with Crippen LogP contribution in [0.3, 0.4) is 0 Å². The van der Waals surface area contributed by atoms with Crippen LogP contribution in [0.1, 0.15) is 136 Å².